The first-order valence-corrected chi connectivity index (χ1v) is 5.50. The molecule has 92 valence electrons. The number of hydrogen-bond acceptors (Lipinski definition) is 0. The molecule has 0 aliphatic rings. The van der Waals surface area contributed by atoms with E-state index in [0.717, 1.165) is 23.3 Å². The highest BCUT2D eigenvalue weighted by Crippen LogP contribution is 2.22. The SMILES string of the molecule is FC=CCc1ccc(-c2ccc(F)c(F)c2)cc1. The molecule has 3 heteroatoms. The molecule has 0 aliphatic heterocycles. The van der Waals surface area contributed by atoms with Crippen molar-refractivity contribution < 1.29 is 13.2 Å². The zero-order chi connectivity index (χ0) is 13.0. The molecule has 0 radical (unpaired) electrons. The Morgan fingerprint density at radius 2 is 1.50 bits per heavy atom. The van der Waals surface area contributed by atoms with Crippen LogP contribution in [0.4, 0.5) is 13.2 Å². The van der Waals surface area contributed by atoms with Crippen LogP contribution < -0.4 is 0 Å². The molecule has 0 heterocycles. The van der Waals surface area contributed by atoms with Crippen LogP contribution >= 0.6 is 0 Å². The predicted molar refractivity (Wildman–Crippen MR) is 65.7 cm³/mol. The van der Waals surface area contributed by atoms with Crippen LogP contribution in [0.3, 0.4) is 0 Å². The molecular formula is C15H11F3. The molecular weight excluding hydrogens is 237 g/mol. The maximum Gasteiger partial charge on any atom is 0.159 e. The van der Waals surface area contributed by atoms with Gasteiger partial charge in [-0.25, -0.2) is 13.2 Å². The van der Waals surface area contributed by atoms with Crippen molar-refractivity contribution in [3.05, 3.63) is 72.1 Å². The molecule has 0 unspecified atom stereocenters. The van der Waals surface area contributed by atoms with Gasteiger partial charge in [0, 0.05) is 0 Å². The molecule has 0 N–H and O–H groups in total. The van der Waals surface area contributed by atoms with Crippen molar-refractivity contribution in [3.63, 3.8) is 0 Å². The van der Waals surface area contributed by atoms with Crippen LogP contribution in [0.2, 0.25) is 0 Å². The molecule has 0 nitrogen and oxygen atoms in total. The topological polar surface area (TPSA) is 0 Å². The van der Waals surface area contributed by atoms with Crippen LogP contribution in [-0.4, -0.2) is 0 Å². The van der Waals surface area contributed by atoms with Gasteiger partial charge in [-0.3, -0.25) is 0 Å². The van der Waals surface area contributed by atoms with E-state index in [1.165, 1.54) is 12.1 Å². The van der Waals surface area contributed by atoms with E-state index in [1.807, 2.05) is 12.1 Å². The van der Waals surface area contributed by atoms with Gasteiger partial charge in [0.1, 0.15) is 0 Å². The summed E-state index contributed by atoms with van der Waals surface area (Å²) in [6.07, 6.45) is 2.42. The fourth-order valence-corrected chi connectivity index (χ4v) is 1.69. The van der Waals surface area contributed by atoms with E-state index in [-0.39, 0.29) is 0 Å². The number of halogens is 3. The van der Waals surface area contributed by atoms with E-state index < -0.39 is 11.6 Å². The van der Waals surface area contributed by atoms with Gasteiger partial charge < -0.3 is 0 Å². The second-order valence-corrected chi connectivity index (χ2v) is 3.89. The van der Waals surface area contributed by atoms with Gasteiger partial charge in [0.25, 0.3) is 0 Å². The zero-order valence-electron chi connectivity index (χ0n) is 9.54. The molecule has 0 saturated heterocycles. The minimum absolute atomic E-state index is 0.503. The van der Waals surface area contributed by atoms with Gasteiger partial charge >= 0.3 is 0 Å². The lowest BCUT2D eigenvalue weighted by Gasteiger charge is -2.04. The van der Waals surface area contributed by atoms with E-state index in [9.17, 15) is 13.2 Å². The number of allylic oxidation sites excluding steroid dienone is 1. The van der Waals surface area contributed by atoms with Crippen molar-refractivity contribution in [2.24, 2.45) is 0 Å². The van der Waals surface area contributed by atoms with Crippen molar-refractivity contribution in [1.82, 2.24) is 0 Å². The third-order valence-corrected chi connectivity index (χ3v) is 2.65. The van der Waals surface area contributed by atoms with E-state index in [4.69, 9.17) is 0 Å². The molecule has 0 amide bonds. The van der Waals surface area contributed by atoms with Gasteiger partial charge in [-0.2, -0.15) is 0 Å². The normalized spacial score (nSPS) is 11.1. The monoisotopic (exact) mass is 248 g/mol. The summed E-state index contributed by atoms with van der Waals surface area (Å²) in [7, 11) is 0. The van der Waals surface area contributed by atoms with Gasteiger partial charge in [-0.05, 0) is 35.2 Å². The van der Waals surface area contributed by atoms with Crippen LogP contribution in [0.25, 0.3) is 11.1 Å². The van der Waals surface area contributed by atoms with Gasteiger partial charge in [0.05, 0.1) is 6.33 Å². The average molecular weight is 248 g/mol. The maximum absolute atomic E-state index is 13.1. The third kappa shape index (κ3) is 2.80. The summed E-state index contributed by atoms with van der Waals surface area (Å²) >= 11 is 0. The molecule has 2 aromatic carbocycles. The summed E-state index contributed by atoms with van der Waals surface area (Å²) in [5, 5.41) is 0. The van der Waals surface area contributed by atoms with Crippen molar-refractivity contribution >= 4 is 0 Å². The predicted octanol–water partition coefficient (Wildman–Crippen LogP) is 4.66. The Hall–Kier alpha value is -2.03. The number of rotatable bonds is 3. The first-order valence-electron chi connectivity index (χ1n) is 5.50. The molecule has 0 fully saturated rings. The minimum atomic E-state index is -0.864. The first kappa shape index (κ1) is 12.4. The Labute approximate surface area is 103 Å². The fourth-order valence-electron chi connectivity index (χ4n) is 1.69. The van der Waals surface area contributed by atoms with E-state index in [1.54, 1.807) is 12.1 Å². The molecule has 0 atom stereocenters. The summed E-state index contributed by atoms with van der Waals surface area (Å²) in [6.45, 7) is 0. The summed E-state index contributed by atoms with van der Waals surface area (Å²) in [6, 6.07) is 11.0. The fraction of sp³-hybridized carbons (Fsp3) is 0.0667. The number of hydrogen-bond donors (Lipinski definition) is 0. The van der Waals surface area contributed by atoms with Crippen LogP contribution in [0.1, 0.15) is 5.56 Å². The van der Waals surface area contributed by atoms with E-state index >= 15 is 0 Å². The highest BCUT2D eigenvalue weighted by molar-refractivity contribution is 5.63. The third-order valence-electron chi connectivity index (χ3n) is 2.65. The largest absolute Gasteiger partial charge is 0.216 e. The lowest BCUT2D eigenvalue weighted by atomic mass is 10.0. The molecule has 0 bridgehead atoms. The molecule has 2 aromatic rings. The highest BCUT2D eigenvalue weighted by Gasteiger charge is 2.04. The van der Waals surface area contributed by atoms with Gasteiger partial charge in [-0.15, -0.1) is 0 Å². The van der Waals surface area contributed by atoms with Crippen LogP contribution in [0.5, 0.6) is 0 Å². The quantitative estimate of drug-likeness (QED) is 0.741. The molecule has 2 rings (SSSR count). The van der Waals surface area contributed by atoms with Crippen LogP contribution in [-0.2, 0) is 6.42 Å². The van der Waals surface area contributed by atoms with E-state index in [2.05, 4.69) is 0 Å². The molecule has 0 aliphatic carbocycles. The summed E-state index contributed by atoms with van der Waals surface area (Å²) in [4.78, 5) is 0. The zero-order valence-corrected chi connectivity index (χ0v) is 9.54. The Kier molecular flexibility index (Phi) is 3.82. The second-order valence-electron chi connectivity index (χ2n) is 3.89. The summed E-state index contributed by atoms with van der Waals surface area (Å²) in [5.41, 5.74) is 2.36. The molecule has 0 saturated carbocycles. The van der Waals surface area contributed by atoms with Gasteiger partial charge in [-0.1, -0.05) is 36.4 Å². The Morgan fingerprint density at radius 1 is 0.833 bits per heavy atom. The Bertz CT molecular complexity index is 556. The highest BCUT2D eigenvalue weighted by atomic mass is 19.2. The van der Waals surface area contributed by atoms with Crippen molar-refractivity contribution in [3.8, 4) is 11.1 Å². The lowest BCUT2D eigenvalue weighted by Crippen LogP contribution is -1.86. The van der Waals surface area contributed by atoms with Crippen LogP contribution in [0.15, 0.2) is 54.9 Å². The second kappa shape index (κ2) is 5.54. The van der Waals surface area contributed by atoms with Crippen LogP contribution in [0, 0.1) is 11.6 Å². The molecule has 0 spiro atoms. The Balaban J connectivity index is 2.25. The first-order chi connectivity index (χ1) is 8.70. The summed E-state index contributed by atoms with van der Waals surface area (Å²) in [5.74, 6) is -1.72. The minimum Gasteiger partial charge on any atom is -0.216 e. The lowest BCUT2D eigenvalue weighted by molar-refractivity contribution is 0.509. The molecule has 18 heavy (non-hydrogen) atoms. The van der Waals surface area contributed by atoms with Gasteiger partial charge in [0.2, 0.25) is 0 Å². The van der Waals surface area contributed by atoms with Crippen molar-refractivity contribution in [1.29, 1.82) is 0 Å². The smallest absolute Gasteiger partial charge is 0.159 e. The van der Waals surface area contributed by atoms with Crippen molar-refractivity contribution in [2.75, 3.05) is 0 Å². The van der Waals surface area contributed by atoms with Gasteiger partial charge in [0.15, 0.2) is 11.6 Å². The Morgan fingerprint density at radius 3 is 2.11 bits per heavy atom. The van der Waals surface area contributed by atoms with Crippen molar-refractivity contribution in [2.45, 2.75) is 6.42 Å². The molecule has 0 aromatic heterocycles. The average Bonchev–Trinajstić information content (AvgIpc) is 2.40. The number of benzene rings is 2. The standard InChI is InChI=1S/C15H11F3/c16-9-1-2-11-3-5-12(6-4-11)13-7-8-14(17)15(18)10-13/h1,3-10H,2H2. The van der Waals surface area contributed by atoms with E-state index in [0.29, 0.717) is 18.3 Å². The maximum atomic E-state index is 13.1. The summed E-state index contributed by atoms with van der Waals surface area (Å²) < 4.78 is 37.7.